The van der Waals surface area contributed by atoms with Gasteiger partial charge in [0.25, 0.3) is 0 Å². The molecule has 0 aliphatic rings. The number of nitrogens with one attached hydrogen (secondary N) is 1. The summed E-state index contributed by atoms with van der Waals surface area (Å²) in [6.45, 7) is 4.92. The number of hydrogen-bond acceptors (Lipinski definition) is 2. The predicted molar refractivity (Wildman–Crippen MR) is 89.2 cm³/mol. The van der Waals surface area contributed by atoms with Crippen LogP contribution in [0.4, 0.5) is 0 Å². The van der Waals surface area contributed by atoms with Gasteiger partial charge in [0.2, 0.25) is 5.91 Å². The van der Waals surface area contributed by atoms with Crippen molar-refractivity contribution in [1.82, 2.24) is 15.1 Å². The van der Waals surface area contributed by atoms with Gasteiger partial charge in [-0.2, -0.15) is 5.10 Å². The molecule has 1 amide bonds. The molecular formula is C18H25N3O. The van der Waals surface area contributed by atoms with Crippen LogP contribution in [0, 0.1) is 5.92 Å². The topological polar surface area (TPSA) is 46.9 Å². The highest BCUT2D eigenvalue weighted by Crippen LogP contribution is 2.19. The van der Waals surface area contributed by atoms with Gasteiger partial charge in [0.05, 0.1) is 6.20 Å². The molecule has 2 aromatic rings. The number of carbonyl (C=O) groups is 1. The van der Waals surface area contributed by atoms with Crippen LogP contribution >= 0.6 is 0 Å². The molecule has 1 unspecified atom stereocenters. The summed E-state index contributed by atoms with van der Waals surface area (Å²) in [4.78, 5) is 11.9. The maximum absolute atomic E-state index is 11.9. The SMILES string of the molecule is CCC(C)CCC(=O)NCc1cccc(-c2cnn(C)c2)c1. The molecule has 0 saturated heterocycles. The summed E-state index contributed by atoms with van der Waals surface area (Å²) < 4.78 is 1.79. The van der Waals surface area contributed by atoms with Crippen molar-refractivity contribution in [2.45, 2.75) is 39.7 Å². The first-order chi connectivity index (χ1) is 10.6. The number of amides is 1. The summed E-state index contributed by atoms with van der Waals surface area (Å²) >= 11 is 0. The molecule has 2 rings (SSSR count). The second-order valence-electron chi connectivity index (χ2n) is 5.93. The minimum absolute atomic E-state index is 0.132. The Labute approximate surface area is 132 Å². The molecule has 0 spiro atoms. The van der Waals surface area contributed by atoms with Crippen LogP contribution in [-0.4, -0.2) is 15.7 Å². The largest absolute Gasteiger partial charge is 0.352 e. The average Bonchev–Trinajstić information content (AvgIpc) is 2.97. The highest BCUT2D eigenvalue weighted by molar-refractivity contribution is 5.75. The molecule has 1 aromatic carbocycles. The molecule has 1 N–H and O–H groups in total. The number of aromatic nitrogens is 2. The highest BCUT2D eigenvalue weighted by atomic mass is 16.1. The van der Waals surface area contributed by atoms with Crippen molar-refractivity contribution in [2.24, 2.45) is 13.0 Å². The first-order valence-corrected chi connectivity index (χ1v) is 7.93. The van der Waals surface area contributed by atoms with Crippen LogP contribution in [0.15, 0.2) is 36.7 Å². The Hall–Kier alpha value is -2.10. The summed E-state index contributed by atoms with van der Waals surface area (Å²) in [5.41, 5.74) is 3.32. The summed E-state index contributed by atoms with van der Waals surface area (Å²) in [7, 11) is 1.91. The van der Waals surface area contributed by atoms with Gasteiger partial charge in [-0.1, -0.05) is 38.5 Å². The Balaban J connectivity index is 1.89. The smallest absolute Gasteiger partial charge is 0.220 e. The molecular weight excluding hydrogens is 274 g/mol. The molecule has 0 fully saturated rings. The third-order valence-corrected chi connectivity index (χ3v) is 4.02. The Bertz CT molecular complexity index is 618. The maximum atomic E-state index is 11.9. The van der Waals surface area contributed by atoms with E-state index >= 15 is 0 Å². The van der Waals surface area contributed by atoms with Gasteiger partial charge in [-0.05, 0) is 29.5 Å². The van der Waals surface area contributed by atoms with E-state index in [2.05, 4.69) is 36.4 Å². The number of aryl methyl sites for hydroxylation is 1. The van der Waals surface area contributed by atoms with Crippen molar-refractivity contribution in [2.75, 3.05) is 0 Å². The van der Waals surface area contributed by atoms with Crippen LogP contribution in [0.1, 0.15) is 38.7 Å². The van der Waals surface area contributed by atoms with Crippen molar-refractivity contribution in [3.05, 3.63) is 42.2 Å². The molecule has 0 radical (unpaired) electrons. The molecule has 1 atom stereocenters. The van der Waals surface area contributed by atoms with Crippen molar-refractivity contribution in [3.8, 4) is 11.1 Å². The minimum atomic E-state index is 0.132. The quantitative estimate of drug-likeness (QED) is 0.850. The fourth-order valence-corrected chi connectivity index (χ4v) is 2.30. The van der Waals surface area contributed by atoms with Gasteiger partial charge < -0.3 is 5.32 Å². The van der Waals surface area contributed by atoms with Crippen LogP contribution in [0.2, 0.25) is 0 Å². The lowest BCUT2D eigenvalue weighted by molar-refractivity contribution is -0.121. The third kappa shape index (κ3) is 4.72. The van der Waals surface area contributed by atoms with Gasteiger partial charge in [-0.25, -0.2) is 0 Å². The Morgan fingerprint density at radius 2 is 2.18 bits per heavy atom. The number of carbonyl (C=O) groups excluding carboxylic acids is 1. The van der Waals surface area contributed by atoms with Crippen LogP contribution < -0.4 is 5.32 Å². The van der Waals surface area contributed by atoms with E-state index in [-0.39, 0.29) is 5.91 Å². The standard InChI is InChI=1S/C18H25N3O/c1-4-14(2)8-9-18(22)19-11-15-6-5-7-16(10-15)17-12-20-21(3)13-17/h5-7,10,12-14H,4,8-9,11H2,1-3H3,(H,19,22). The Morgan fingerprint density at radius 3 is 2.86 bits per heavy atom. The van der Waals surface area contributed by atoms with Crippen molar-refractivity contribution >= 4 is 5.91 Å². The fourth-order valence-electron chi connectivity index (χ4n) is 2.30. The van der Waals surface area contributed by atoms with Crippen LogP contribution in [0.3, 0.4) is 0 Å². The van der Waals surface area contributed by atoms with Crippen LogP contribution in [-0.2, 0) is 18.4 Å². The Kier molecular flexibility index (Phi) is 5.75. The molecule has 0 aliphatic heterocycles. The van der Waals surface area contributed by atoms with Crippen LogP contribution in [0.25, 0.3) is 11.1 Å². The average molecular weight is 299 g/mol. The van der Waals surface area contributed by atoms with Gasteiger partial charge in [0.1, 0.15) is 0 Å². The molecule has 118 valence electrons. The van der Waals surface area contributed by atoms with E-state index in [0.29, 0.717) is 18.9 Å². The van der Waals surface area contributed by atoms with Crippen molar-refractivity contribution in [3.63, 3.8) is 0 Å². The molecule has 4 heteroatoms. The van der Waals surface area contributed by atoms with Crippen molar-refractivity contribution < 1.29 is 4.79 Å². The second-order valence-corrected chi connectivity index (χ2v) is 5.93. The van der Waals surface area contributed by atoms with E-state index < -0.39 is 0 Å². The van der Waals surface area contributed by atoms with E-state index in [1.165, 1.54) is 0 Å². The lowest BCUT2D eigenvalue weighted by atomic mass is 10.0. The maximum Gasteiger partial charge on any atom is 0.220 e. The number of hydrogen-bond donors (Lipinski definition) is 1. The summed E-state index contributed by atoms with van der Waals surface area (Å²) in [6.07, 6.45) is 6.53. The van der Waals surface area contributed by atoms with E-state index in [4.69, 9.17) is 0 Å². The first-order valence-electron chi connectivity index (χ1n) is 7.93. The van der Waals surface area contributed by atoms with E-state index in [1.807, 2.05) is 31.6 Å². The number of benzene rings is 1. The fraction of sp³-hybridized carbons (Fsp3) is 0.444. The van der Waals surface area contributed by atoms with E-state index in [1.54, 1.807) is 4.68 Å². The zero-order valence-corrected chi connectivity index (χ0v) is 13.7. The lowest BCUT2D eigenvalue weighted by Crippen LogP contribution is -2.22. The summed E-state index contributed by atoms with van der Waals surface area (Å²) in [6, 6.07) is 8.22. The molecule has 1 aromatic heterocycles. The normalized spacial score (nSPS) is 12.1. The Morgan fingerprint density at radius 1 is 1.36 bits per heavy atom. The summed E-state index contributed by atoms with van der Waals surface area (Å²) in [5.74, 6) is 0.742. The molecule has 0 bridgehead atoms. The van der Waals surface area contributed by atoms with Gasteiger partial charge in [-0.15, -0.1) is 0 Å². The van der Waals surface area contributed by atoms with Crippen LogP contribution in [0.5, 0.6) is 0 Å². The number of rotatable bonds is 7. The van der Waals surface area contributed by atoms with Crippen molar-refractivity contribution in [1.29, 1.82) is 0 Å². The van der Waals surface area contributed by atoms with Gasteiger partial charge in [0.15, 0.2) is 0 Å². The predicted octanol–water partition coefficient (Wildman–Crippen LogP) is 3.53. The lowest BCUT2D eigenvalue weighted by Gasteiger charge is -2.09. The molecule has 0 aliphatic carbocycles. The molecule has 4 nitrogen and oxygen atoms in total. The first kappa shape index (κ1) is 16.3. The van der Waals surface area contributed by atoms with E-state index in [9.17, 15) is 4.79 Å². The monoisotopic (exact) mass is 299 g/mol. The van der Waals surface area contributed by atoms with Gasteiger partial charge in [-0.3, -0.25) is 9.48 Å². The number of nitrogens with zero attached hydrogens (tertiary/aromatic N) is 2. The zero-order chi connectivity index (χ0) is 15.9. The zero-order valence-electron chi connectivity index (χ0n) is 13.7. The van der Waals surface area contributed by atoms with Gasteiger partial charge in [0, 0.05) is 31.8 Å². The second kappa shape index (κ2) is 7.78. The molecule has 1 heterocycles. The molecule has 0 saturated carbocycles. The third-order valence-electron chi connectivity index (χ3n) is 4.02. The summed E-state index contributed by atoms with van der Waals surface area (Å²) in [5, 5.41) is 7.20. The van der Waals surface area contributed by atoms with E-state index in [0.717, 1.165) is 29.5 Å². The molecule has 22 heavy (non-hydrogen) atoms. The van der Waals surface area contributed by atoms with Gasteiger partial charge >= 0.3 is 0 Å². The minimum Gasteiger partial charge on any atom is -0.352 e. The highest BCUT2D eigenvalue weighted by Gasteiger charge is 2.06.